The van der Waals surface area contributed by atoms with Crippen LogP contribution in [0.5, 0.6) is 0 Å². The van der Waals surface area contributed by atoms with E-state index in [0.717, 1.165) is 0 Å². The predicted octanol–water partition coefficient (Wildman–Crippen LogP) is 1.20. The van der Waals surface area contributed by atoms with Crippen molar-refractivity contribution in [1.82, 2.24) is 20.2 Å². The van der Waals surface area contributed by atoms with E-state index in [1.54, 1.807) is 38.2 Å². The number of carbonyl (C=O) groups excluding carboxylic acids is 1. The van der Waals surface area contributed by atoms with Crippen LogP contribution in [0.2, 0.25) is 0 Å². The first-order valence-electron chi connectivity index (χ1n) is 5.80. The third kappa shape index (κ3) is 3.33. The van der Waals surface area contributed by atoms with Gasteiger partial charge < -0.3 is 5.32 Å². The zero-order chi connectivity index (χ0) is 14.5. The number of nitrogens with one attached hydrogen (secondary N) is 1. The number of amides is 1. The van der Waals surface area contributed by atoms with E-state index in [-0.39, 0.29) is 11.2 Å². The Balaban J connectivity index is 2.01. The fourth-order valence-corrected chi connectivity index (χ4v) is 2.20. The number of tetrazole rings is 1. The van der Waals surface area contributed by atoms with Crippen LogP contribution in [0, 0.1) is 11.3 Å². The van der Waals surface area contributed by atoms with Crippen molar-refractivity contribution in [3.63, 3.8) is 0 Å². The Morgan fingerprint density at radius 1 is 1.55 bits per heavy atom. The fourth-order valence-electron chi connectivity index (χ4n) is 1.44. The van der Waals surface area contributed by atoms with Crippen molar-refractivity contribution in [1.29, 1.82) is 5.26 Å². The number of nitrogens with zero attached hydrogens (tertiary/aromatic N) is 5. The molecule has 0 radical (unpaired) electrons. The highest BCUT2D eigenvalue weighted by Gasteiger charge is 2.17. The largest absolute Gasteiger partial charge is 0.325 e. The van der Waals surface area contributed by atoms with Gasteiger partial charge in [-0.25, -0.2) is 4.68 Å². The van der Waals surface area contributed by atoms with Crippen molar-refractivity contribution in [3.8, 4) is 6.07 Å². The summed E-state index contributed by atoms with van der Waals surface area (Å²) in [4.78, 5) is 12.1. The maximum Gasteiger partial charge on any atom is 0.237 e. The molecule has 1 aromatic heterocycles. The third-order valence-electron chi connectivity index (χ3n) is 2.49. The Morgan fingerprint density at radius 2 is 2.35 bits per heavy atom. The minimum absolute atomic E-state index is 0.173. The SMILES string of the molecule is C[C@@H](Sc1nnnn1C)C(=O)Nc1cccc(C#N)c1. The van der Waals surface area contributed by atoms with E-state index < -0.39 is 0 Å². The van der Waals surface area contributed by atoms with Gasteiger partial charge in [-0.3, -0.25) is 4.79 Å². The molecular weight excluding hydrogens is 276 g/mol. The molecule has 20 heavy (non-hydrogen) atoms. The van der Waals surface area contributed by atoms with E-state index in [1.165, 1.54) is 16.4 Å². The van der Waals surface area contributed by atoms with Crippen LogP contribution in [0.25, 0.3) is 0 Å². The maximum atomic E-state index is 12.1. The van der Waals surface area contributed by atoms with Crippen LogP contribution >= 0.6 is 11.8 Å². The molecule has 102 valence electrons. The molecule has 2 rings (SSSR count). The summed E-state index contributed by atoms with van der Waals surface area (Å²) in [5.74, 6) is -0.173. The molecule has 0 saturated heterocycles. The lowest BCUT2D eigenvalue weighted by Gasteiger charge is -2.10. The molecule has 0 spiro atoms. The van der Waals surface area contributed by atoms with Crippen molar-refractivity contribution < 1.29 is 4.79 Å². The number of nitriles is 1. The number of thioether (sulfide) groups is 1. The highest BCUT2D eigenvalue weighted by molar-refractivity contribution is 8.00. The molecule has 1 aromatic carbocycles. The predicted molar refractivity (Wildman–Crippen MR) is 73.9 cm³/mol. The summed E-state index contributed by atoms with van der Waals surface area (Å²) in [6.07, 6.45) is 0. The highest BCUT2D eigenvalue weighted by atomic mass is 32.2. The molecule has 0 saturated carbocycles. The van der Waals surface area contributed by atoms with Crippen LogP contribution in [0.1, 0.15) is 12.5 Å². The molecule has 0 unspecified atom stereocenters. The molecule has 2 aromatic rings. The van der Waals surface area contributed by atoms with Gasteiger partial charge in [-0.05, 0) is 35.5 Å². The van der Waals surface area contributed by atoms with Gasteiger partial charge in [-0.15, -0.1) is 5.10 Å². The minimum Gasteiger partial charge on any atom is -0.325 e. The Hall–Kier alpha value is -2.40. The van der Waals surface area contributed by atoms with Crippen LogP contribution in [0.4, 0.5) is 5.69 Å². The topological polar surface area (TPSA) is 96.5 Å². The van der Waals surface area contributed by atoms with Gasteiger partial charge in [-0.1, -0.05) is 17.8 Å². The van der Waals surface area contributed by atoms with Crippen molar-refractivity contribution in [2.45, 2.75) is 17.3 Å². The molecule has 0 bridgehead atoms. The van der Waals surface area contributed by atoms with E-state index in [2.05, 4.69) is 20.8 Å². The Labute approximate surface area is 120 Å². The number of anilines is 1. The number of carbonyl (C=O) groups is 1. The zero-order valence-corrected chi connectivity index (χ0v) is 11.8. The third-order valence-corrected chi connectivity index (χ3v) is 3.62. The summed E-state index contributed by atoms with van der Waals surface area (Å²) < 4.78 is 1.50. The molecule has 1 N–H and O–H groups in total. The molecule has 1 atom stereocenters. The normalized spacial score (nSPS) is 11.7. The summed E-state index contributed by atoms with van der Waals surface area (Å²) in [5.41, 5.74) is 1.10. The van der Waals surface area contributed by atoms with E-state index >= 15 is 0 Å². The summed E-state index contributed by atoms with van der Waals surface area (Å²) in [6, 6.07) is 8.79. The second kappa shape index (κ2) is 6.16. The molecule has 8 heteroatoms. The first-order chi connectivity index (χ1) is 9.60. The first kappa shape index (κ1) is 14.0. The molecule has 0 aliphatic carbocycles. The van der Waals surface area contributed by atoms with Crippen molar-refractivity contribution in [2.75, 3.05) is 5.32 Å². The van der Waals surface area contributed by atoms with E-state index in [1.807, 2.05) is 6.07 Å². The minimum atomic E-state index is -0.356. The Bertz CT molecular complexity index is 662. The number of benzene rings is 1. The van der Waals surface area contributed by atoms with E-state index in [0.29, 0.717) is 16.4 Å². The lowest BCUT2D eigenvalue weighted by atomic mass is 10.2. The van der Waals surface area contributed by atoms with Crippen LogP contribution in [-0.2, 0) is 11.8 Å². The van der Waals surface area contributed by atoms with Gasteiger partial charge >= 0.3 is 0 Å². The Morgan fingerprint density at radius 3 is 3.00 bits per heavy atom. The summed E-state index contributed by atoms with van der Waals surface area (Å²) in [6.45, 7) is 1.77. The van der Waals surface area contributed by atoms with Crippen LogP contribution < -0.4 is 5.32 Å². The Kier molecular flexibility index (Phi) is 4.32. The fraction of sp³-hybridized carbons (Fsp3) is 0.250. The summed E-state index contributed by atoms with van der Waals surface area (Å²) in [5, 5.41) is 22.8. The smallest absolute Gasteiger partial charge is 0.237 e. The number of hydrogen-bond donors (Lipinski definition) is 1. The maximum absolute atomic E-state index is 12.1. The lowest BCUT2D eigenvalue weighted by molar-refractivity contribution is -0.115. The van der Waals surface area contributed by atoms with Gasteiger partial charge in [-0.2, -0.15) is 5.26 Å². The molecule has 1 heterocycles. The molecule has 0 fully saturated rings. The number of rotatable bonds is 4. The van der Waals surface area contributed by atoms with Gasteiger partial charge in [0.05, 0.1) is 16.9 Å². The van der Waals surface area contributed by atoms with Gasteiger partial charge in [0, 0.05) is 12.7 Å². The van der Waals surface area contributed by atoms with E-state index in [9.17, 15) is 4.79 Å². The first-order valence-corrected chi connectivity index (χ1v) is 6.68. The number of hydrogen-bond acceptors (Lipinski definition) is 6. The highest BCUT2D eigenvalue weighted by Crippen LogP contribution is 2.21. The lowest BCUT2D eigenvalue weighted by Crippen LogP contribution is -2.22. The van der Waals surface area contributed by atoms with Crippen molar-refractivity contribution in [2.24, 2.45) is 7.05 Å². The average molecular weight is 288 g/mol. The van der Waals surface area contributed by atoms with E-state index in [4.69, 9.17) is 5.26 Å². The van der Waals surface area contributed by atoms with Gasteiger partial charge in [0.2, 0.25) is 11.1 Å². The summed E-state index contributed by atoms with van der Waals surface area (Å²) >= 11 is 1.26. The molecule has 7 nitrogen and oxygen atoms in total. The number of aryl methyl sites for hydroxylation is 1. The van der Waals surface area contributed by atoms with Crippen molar-refractivity contribution >= 4 is 23.4 Å². The van der Waals surface area contributed by atoms with Gasteiger partial charge in [0.1, 0.15) is 0 Å². The second-order valence-corrected chi connectivity index (χ2v) is 5.33. The van der Waals surface area contributed by atoms with Crippen LogP contribution in [0.3, 0.4) is 0 Å². The zero-order valence-electron chi connectivity index (χ0n) is 10.9. The quantitative estimate of drug-likeness (QED) is 0.849. The molecule has 1 amide bonds. The van der Waals surface area contributed by atoms with Crippen LogP contribution in [-0.4, -0.2) is 31.4 Å². The van der Waals surface area contributed by atoms with Gasteiger partial charge in [0.15, 0.2) is 0 Å². The summed E-state index contributed by atoms with van der Waals surface area (Å²) in [7, 11) is 1.71. The molecule has 0 aliphatic rings. The van der Waals surface area contributed by atoms with Gasteiger partial charge in [0.25, 0.3) is 0 Å². The second-order valence-electron chi connectivity index (χ2n) is 4.03. The monoisotopic (exact) mass is 288 g/mol. The molecule has 0 aliphatic heterocycles. The van der Waals surface area contributed by atoms with Crippen molar-refractivity contribution in [3.05, 3.63) is 29.8 Å². The average Bonchev–Trinajstić information content (AvgIpc) is 2.84. The molecular formula is C12H12N6OS. The number of aromatic nitrogens is 4. The standard InChI is InChI=1S/C12H12N6OS/c1-8(20-12-15-16-17-18(12)2)11(19)14-10-5-3-4-9(6-10)7-13/h3-6,8H,1-2H3,(H,14,19)/t8-/m1/s1. The van der Waals surface area contributed by atoms with Crippen LogP contribution in [0.15, 0.2) is 29.4 Å².